The fraction of sp³-hybridized carbons (Fsp3) is 0.897. The monoisotopic (exact) mass is 1420 g/mol. The molecule has 0 aromatic rings. The second kappa shape index (κ2) is 68.0. The summed E-state index contributed by atoms with van der Waals surface area (Å²) in [5, 5.41) is 10.6. The van der Waals surface area contributed by atoms with Crippen LogP contribution in [0.1, 0.15) is 376 Å². The number of phosphoric acid groups is 2. The van der Waals surface area contributed by atoms with E-state index in [1.54, 1.807) is 0 Å². The molecule has 0 bridgehead atoms. The highest BCUT2D eigenvalue weighted by Crippen LogP contribution is 2.45. The van der Waals surface area contributed by atoms with E-state index >= 15 is 0 Å². The average molecular weight is 1420 g/mol. The fourth-order valence-corrected chi connectivity index (χ4v) is 13.0. The number of hydrogen-bond acceptors (Lipinski definition) is 15. The van der Waals surface area contributed by atoms with Gasteiger partial charge in [0.05, 0.1) is 26.4 Å². The van der Waals surface area contributed by atoms with Gasteiger partial charge in [-0.2, -0.15) is 0 Å². The molecule has 0 aliphatic rings. The van der Waals surface area contributed by atoms with Gasteiger partial charge in [0, 0.05) is 25.7 Å². The molecule has 0 saturated carbocycles. The predicted molar refractivity (Wildman–Crippen MR) is 395 cm³/mol. The van der Waals surface area contributed by atoms with Gasteiger partial charge in [0.2, 0.25) is 0 Å². The summed E-state index contributed by atoms with van der Waals surface area (Å²) in [6, 6.07) is 0. The summed E-state index contributed by atoms with van der Waals surface area (Å²) < 4.78 is 68.5. The smallest absolute Gasteiger partial charge is 0.462 e. The van der Waals surface area contributed by atoms with Crippen LogP contribution in [0.15, 0.2) is 24.3 Å². The summed E-state index contributed by atoms with van der Waals surface area (Å²) in [4.78, 5) is 72.8. The second-order valence-corrected chi connectivity index (χ2v) is 31.7. The van der Waals surface area contributed by atoms with E-state index < -0.39 is 97.5 Å². The summed E-state index contributed by atoms with van der Waals surface area (Å²) in [5.74, 6) is 0.0903. The summed E-state index contributed by atoms with van der Waals surface area (Å²) in [6.45, 7) is 11.8. The van der Waals surface area contributed by atoms with Crippen LogP contribution in [0.25, 0.3) is 0 Å². The molecule has 5 atom stereocenters. The molecule has 0 aliphatic carbocycles. The Morgan fingerprint density at radius 1 is 0.320 bits per heavy atom. The van der Waals surface area contributed by atoms with Crippen molar-refractivity contribution in [1.29, 1.82) is 0 Å². The highest BCUT2D eigenvalue weighted by molar-refractivity contribution is 7.47. The molecule has 3 N–H and O–H groups in total. The summed E-state index contributed by atoms with van der Waals surface area (Å²) >= 11 is 0. The number of allylic oxidation sites excluding steroid dienone is 4. The van der Waals surface area contributed by atoms with Gasteiger partial charge < -0.3 is 33.8 Å². The summed E-state index contributed by atoms with van der Waals surface area (Å²) in [7, 11) is -9.93. The molecular weight excluding hydrogens is 1270 g/mol. The number of ether oxygens (including phenoxy) is 4. The van der Waals surface area contributed by atoms with Gasteiger partial charge in [0.15, 0.2) is 12.2 Å². The quantitative estimate of drug-likeness (QED) is 0.0169. The maximum Gasteiger partial charge on any atom is 0.472 e. The Bertz CT molecular complexity index is 1980. The Hall–Kier alpha value is -2.46. The lowest BCUT2D eigenvalue weighted by molar-refractivity contribution is -0.161. The van der Waals surface area contributed by atoms with Gasteiger partial charge in [-0.1, -0.05) is 323 Å². The zero-order valence-corrected chi connectivity index (χ0v) is 64.8. The highest BCUT2D eigenvalue weighted by Gasteiger charge is 2.30. The SMILES string of the molecule is CCCCCC/C=C\C=C/CCCCCCCC(=O)O[C@H](COC(=O)CCCCCCCCCC(C)C)COP(=O)(O)OCC(O)COP(=O)(O)OC[C@@H](COC(=O)CCCCCCCCCCCCCCCCCCCCC(C)C)OC(=O)CCCCCCCCCCC(C)C. The predicted octanol–water partition coefficient (Wildman–Crippen LogP) is 22.5. The van der Waals surface area contributed by atoms with E-state index in [9.17, 15) is 43.2 Å². The molecule has 19 heteroatoms. The van der Waals surface area contributed by atoms with Crippen LogP contribution in [0, 0.1) is 17.8 Å². The average Bonchev–Trinajstić information content (AvgIpc) is 1.64. The van der Waals surface area contributed by atoms with Crippen molar-refractivity contribution in [3.63, 3.8) is 0 Å². The van der Waals surface area contributed by atoms with Gasteiger partial charge in [-0.05, 0) is 69.1 Å². The van der Waals surface area contributed by atoms with Gasteiger partial charge in [-0.3, -0.25) is 37.3 Å². The van der Waals surface area contributed by atoms with Crippen LogP contribution in [-0.2, 0) is 65.4 Å². The molecule has 0 saturated heterocycles. The fourth-order valence-electron chi connectivity index (χ4n) is 11.4. The van der Waals surface area contributed by atoms with Crippen molar-refractivity contribution in [1.82, 2.24) is 0 Å². The number of carbonyl (C=O) groups excluding carboxylic acids is 4. The van der Waals surface area contributed by atoms with Crippen molar-refractivity contribution in [3.8, 4) is 0 Å². The van der Waals surface area contributed by atoms with E-state index in [-0.39, 0.29) is 25.7 Å². The van der Waals surface area contributed by atoms with Crippen LogP contribution in [0.5, 0.6) is 0 Å². The lowest BCUT2D eigenvalue weighted by Gasteiger charge is -2.21. The van der Waals surface area contributed by atoms with Crippen molar-refractivity contribution in [3.05, 3.63) is 24.3 Å². The first-order valence-corrected chi connectivity index (χ1v) is 42.7. The molecule has 3 unspecified atom stereocenters. The van der Waals surface area contributed by atoms with Gasteiger partial charge in [0.25, 0.3) is 0 Å². The summed E-state index contributed by atoms with van der Waals surface area (Å²) in [5.41, 5.74) is 0. The van der Waals surface area contributed by atoms with Crippen molar-refractivity contribution >= 4 is 39.5 Å². The minimum Gasteiger partial charge on any atom is -0.462 e. The number of aliphatic hydroxyl groups excluding tert-OH is 1. The molecule has 572 valence electrons. The summed E-state index contributed by atoms with van der Waals surface area (Å²) in [6.07, 6.45) is 58.0. The Kier molecular flexibility index (Phi) is 66.3. The number of phosphoric ester groups is 2. The van der Waals surface area contributed by atoms with E-state index in [0.29, 0.717) is 37.5 Å². The van der Waals surface area contributed by atoms with Gasteiger partial charge in [0.1, 0.15) is 19.3 Å². The number of rotatable bonds is 74. The van der Waals surface area contributed by atoms with E-state index in [4.69, 9.17) is 37.0 Å². The van der Waals surface area contributed by atoms with Crippen molar-refractivity contribution < 1.29 is 80.2 Å². The minimum atomic E-state index is -4.96. The van der Waals surface area contributed by atoms with E-state index in [1.807, 2.05) is 0 Å². The van der Waals surface area contributed by atoms with Crippen LogP contribution in [0.4, 0.5) is 0 Å². The molecule has 0 amide bonds. The van der Waals surface area contributed by atoms with Crippen molar-refractivity contribution in [2.45, 2.75) is 394 Å². The number of esters is 4. The van der Waals surface area contributed by atoms with Crippen LogP contribution >= 0.6 is 15.6 Å². The zero-order chi connectivity index (χ0) is 71.6. The number of unbranched alkanes of at least 4 members (excludes halogenated alkanes) is 39. The maximum atomic E-state index is 13.1. The van der Waals surface area contributed by atoms with E-state index in [2.05, 4.69) is 72.8 Å². The molecule has 0 aromatic heterocycles. The Morgan fingerprint density at radius 2 is 0.557 bits per heavy atom. The molecule has 0 fully saturated rings. The molecule has 0 aliphatic heterocycles. The van der Waals surface area contributed by atoms with E-state index in [1.165, 1.54) is 167 Å². The van der Waals surface area contributed by atoms with Crippen LogP contribution in [0.3, 0.4) is 0 Å². The lowest BCUT2D eigenvalue weighted by Crippen LogP contribution is -2.30. The minimum absolute atomic E-state index is 0.0839. The third-order valence-electron chi connectivity index (χ3n) is 17.5. The Balaban J connectivity index is 5.19. The first-order valence-electron chi connectivity index (χ1n) is 39.7. The van der Waals surface area contributed by atoms with Crippen LogP contribution in [0.2, 0.25) is 0 Å². The number of carbonyl (C=O) groups is 4. The van der Waals surface area contributed by atoms with Crippen LogP contribution in [-0.4, -0.2) is 96.7 Å². The molecule has 97 heavy (non-hydrogen) atoms. The van der Waals surface area contributed by atoms with Crippen LogP contribution < -0.4 is 0 Å². The Labute approximate surface area is 592 Å². The topological polar surface area (TPSA) is 237 Å². The van der Waals surface area contributed by atoms with Gasteiger partial charge in [-0.15, -0.1) is 0 Å². The van der Waals surface area contributed by atoms with E-state index in [0.717, 1.165) is 115 Å². The van der Waals surface area contributed by atoms with Gasteiger partial charge >= 0.3 is 39.5 Å². The first kappa shape index (κ1) is 94.5. The molecule has 0 heterocycles. The lowest BCUT2D eigenvalue weighted by atomic mass is 10.0. The molecule has 0 spiro atoms. The van der Waals surface area contributed by atoms with Crippen molar-refractivity contribution in [2.75, 3.05) is 39.6 Å². The standard InChI is InChI=1S/C78H148O17P2/c1-8-9-10-11-12-13-14-15-20-25-28-31-39-47-54-61-77(82)94-74(66-89-76(81)60-53-46-41-34-37-44-51-58-71(6)7)68-93-97(86,87)91-64-72(79)63-90-96(84,85)92-67-73(95-78(83)62-55-48-40-33-32-36-43-50-57-70(4)5)65-88-75(80)59-52-45-38-30-27-24-22-19-17-16-18-21-23-26-29-35-42-49-56-69(2)3/h13-15,20,69-74,79H,8-12,16-19,21-68H2,1-7H3,(H,84,85)(H,86,87)/b14-13-,20-15-/t72?,73-,74-/m1/s1. The van der Waals surface area contributed by atoms with Gasteiger partial charge in [-0.25, -0.2) is 9.13 Å². The normalized spacial score (nSPS) is 14.2. The molecule has 0 rings (SSSR count). The molecular formula is C78H148O17P2. The third kappa shape index (κ3) is 71.7. The molecule has 0 aromatic carbocycles. The molecule has 17 nitrogen and oxygen atoms in total. The Morgan fingerprint density at radius 3 is 0.835 bits per heavy atom. The second-order valence-electron chi connectivity index (χ2n) is 28.8. The third-order valence-corrected chi connectivity index (χ3v) is 19.4. The number of hydrogen-bond donors (Lipinski definition) is 3. The molecule has 0 radical (unpaired) electrons. The number of aliphatic hydroxyl groups is 1. The highest BCUT2D eigenvalue weighted by atomic mass is 31.2. The maximum absolute atomic E-state index is 13.1. The first-order chi connectivity index (χ1) is 46.7. The largest absolute Gasteiger partial charge is 0.472 e. The zero-order valence-electron chi connectivity index (χ0n) is 63.0. The van der Waals surface area contributed by atoms with Crippen molar-refractivity contribution in [2.24, 2.45) is 17.8 Å².